The van der Waals surface area contributed by atoms with Crippen LogP contribution in [0.5, 0.6) is 5.75 Å². The van der Waals surface area contributed by atoms with E-state index in [-0.39, 0.29) is 18.0 Å². The molecule has 0 bridgehead atoms. The molecule has 1 amide bonds. The van der Waals surface area contributed by atoms with Crippen LogP contribution in [0.2, 0.25) is 0 Å². The standard InChI is InChI=1S/C28H33N3O2/c1-5-6-14-31-18-21-16-25(28(32)29-17-20-10-12-22(33-4)13-11-20)30-24(15-19(2)3)23-8-7-9-26(31)27(21)23/h7-13,18-19,24-25,30H,14-17H2,1-4H3,(H,29,32)/t24-,25-/m0/s1. The van der Waals surface area contributed by atoms with Gasteiger partial charge in [0.25, 0.3) is 0 Å². The molecular formula is C28H33N3O2. The van der Waals surface area contributed by atoms with Crippen LogP contribution in [0.4, 0.5) is 0 Å². The molecule has 33 heavy (non-hydrogen) atoms. The molecule has 2 N–H and O–H groups in total. The first-order chi connectivity index (χ1) is 16.0. The van der Waals surface area contributed by atoms with E-state index in [0.29, 0.717) is 25.4 Å². The average Bonchev–Trinajstić information content (AvgIpc) is 3.09. The van der Waals surface area contributed by atoms with E-state index in [9.17, 15) is 4.79 Å². The van der Waals surface area contributed by atoms with E-state index in [2.05, 4.69) is 65.3 Å². The quantitative estimate of drug-likeness (QED) is 0.525. The molecule has 0 unspecified atom stereocenters. The fourth-order valence-corrected chi connectivity index (χ4v) is 4.71. The SMILES string of the molecule is CC#CCn1cc2c3c(cccc31)[C@H](CC(C)C)N[C@H](C(=O)NCc1ccc(OC)cc1)C2. The zero-order valence-corrected chi connectivity index (χ0v) is 19.9. The molecule has 0 spiro atoms. The summed E-state index contributed by atoms with van der Waals surface area (Å²) in [6, 6.07) is 14.1. The lowest BCUT2D eigenvalue weighted by Crippen LogP contribution is -2.46. The van der Waals surface area contributed by atoms with Gasteiger partial charge in [0.2, 0.25) is 5.91 Å². The summed E-state index contributed by atoms with van der Waals surface area (Å²) in [5.41, 5.74) is 4.73. The number of nitrogens with one attached hydrogen (secondary N) is 2. The van der Waals surface area contributed by atoms with E-state index in [1.54, 1.807) is 7.11 Å². The van der Waals surface area contributed by atoms with Crippen molar-refractivity contribution in [2.45, 2.75) is 58.8 Å². The average molecular weight is 444 g/mol. The Morgan fingerprint density at radius 3 is 2.73 bits per heavy atom. The van der Waals surface area contributed by atoms with E-state index in [0.717, 1.165) is 17.7 Å². The van der Waals surface area contributed by atoms with Gasteiger partial charge in [-0.25, -0.2) is 0 Å². The third-order valence-electron chi connectivity index (χ3n) is 6.29. The van der Waals surface area contributed by atoms with Crippen LogP contribution in [0.15, 0.2) is 48.7 Å². The predicted molar refractivity (Wildman–Crippen MR) is 133 cm³/mol. The number of carbonyl (C=O) groups is 1. The zero-order chi connectivity index (χ0) is 23.4. The first-order valence-corrected chi connectivity index (χ1v) is 11.7. The third kappa shape index (κ3) is 5.07. The topological polar surface area (TPSA) is 55.3 Å². The fraction of sp³-hybridized carbons (Fsp3) is 0.393. The maximum absolute atomic E-state index is 13.3. The smallest absolute Gasteiger partial charge is 0.237 e. The van der Waals surface area contributed by atoms with Gasteiger partial charge in [0.15, 0.2) is 0 Å². The number of hydrogen-bond acceptors (Lipinski definition) is 3. The lowest BCUT2D eigenvalue weighted by Gasteiger charge is -2.25. The van der Waals surface area contributed by atoms with Gasteiger partial charge in [-0.3, -0.25) is 10.1 Å². The third-order valence-corrected chi connectivity index (χ3v) is 6.29. The van der Waals surface area contributed by atoms with E-state index < -0.39 is 0 Å². The number of ether oxygens (including phenoxy) is 1. The Hall–Kier alpha value is -3.23. The molecule has 0 fully saturated rings. The Labute approximate surface area is 196 Å². The lowest BCUT2D eigenvalue weighted by molar-refractivity contribution is -0.123. The summed E-state index contributed by atoms with van der Waals surface area (Å²) in [6.45, 7) is 7.48. The highest BCUT2D eigenvalue weighted by Gasteiger charge is 2.30. The van der Waals surface area contributed by atoms with Gasteiger partial charge < -0.3 is 14.6 Å². The number of rotatable bonds is 7. The van der Waals surface area contributed by atoms with Crippen molar-refractivity contribution < 1.29 is 9.53 Å². The Morgan fingerprint density at radius 2 is 2.03 bits per heavy atom. The first-order valence-electron chi connectivity index (χ1n) is 11.7. The van der Waals surface area contributed by atoms with Crippen LogP contribution in [-0.2, 0) is 24.3 Å². The van der Waals surface area contributed by atoms with Gasteiger partial charge >= 0.3 is 0 Å². The van der Waals surface area contributed by atoms with Crippen molar-refractivity contribution in [2.24, 2.45) is 5.92 Å². The normalized spacial score (nSPS) is 17.4. The molecule has 4 rings (SSSR count). The van der Waals surface area contributed by atoms with Crippen LogP contribution in [0.25, 0.3) is 10.9 Å². The molecule has 1 aromatic heterocycles. The second-order valence-electron chi connectivity index (χ2n) is 9.12. The van der Waals surface area contributed by atoms with Crippen LogP contribution in [-0.4, -0.2) is 23.6 Å². The van der Waals surface area contributed by atoms with Crippen LogP contribution >= 0.6 is 0 Å². The number of aromatic nitrogens is 1. The van der Waals surface area contributed by atoms with Crippen molar-refractivity contribution in [1.82, 2.24) is 15.2 Å². The molecule has 0 saturated carbocycles. The Kier molecular flexibility index (Phi) is 7.05. The van der Waals surface area contributed by atoms with Gasteiger partial charge in [-0.2, -0.15) is 0 Å². The van der Waals surface area contributed by atoms with Gasteiger partial charge in [-0.05, 0) is 60.6 Å². The molecule has 2 heterocycles. The van der Waals surface area contributed by atoms with Crippen molar-refractivity contribution in [3.05, 3.63) is 65.4 Å². The van der Waals surface area contributed by atoms with Crippen LogP contribution in [0.3, 0.4) is 0 Å². The van der Waals surface area contributed by atoms with E-state index in [1.165, 1.54) is 22.0 Å². The number of hydrogen-bond donors (Lipinski definition) is 2. The summed E-state index contributed by atoms with van der Waals surface area (Å²) in [4.78, 5) is 13.3. The second kappa shape index (κ2) is 10.1. The predicted octanol–water partition coefficient (Wildman–Crippen LogP) is 4.59. The molecule has 0 radical (unpaired) electrons. The maximum atomic E-state index is 13.3. The fourth-order valence-electron chi connectivity index (χ4n) is 4.71. The Balaban J connectivity index is 1.61. The lowest BCUT2D eigenvalue weighted by atomic mass is 9.94. The minimum Gasteiger partial charge on any atom is -0.497 e. The minimum atomic E-state index is -0.296. The molecule has 1 aliphatic heterocycles. The maximum Gasteiger partial charge on any atom is 0.237 e. The molecular weight excluding hydrogens is 410 g/mol. The monoisotopic (exact) mass is 443 g/mol. The van der Waals surface area contributed by atoms with E-state index in [1.807, 2.05) is 31.2 Å². The molecule has 2 aromatic carbocycles. The molecule has 0 saturated heterocycles. The highest BCUT2D eigenvalue weighted by atomic mass is 16.5. The number of nitrogens with zero attached hydrogens (tertiary/aromatic N) is 1. The van der Waals surface area contributed by atoms with E-state index >= 15 is 0 Å². The number of benzene rings is 2. The first kappa shape index (κ1) is 22.9. The molecule has 5 heteroatoms. The van der Waals surface area contributed by atoms with Crippen molar-refractivity contribution in [1.29, 1.82) is 0 Å². The van der Waals surface area contributed by atoms with Crippen molar-refractivity contribution in [3.8, 4) is 17.6 Å². The molecule has 1 aliphatic rings. The number of amides is 1. The Morgan fingerprint density at radius 1 is 1.24 bits per heavy atom. The number of carbonyl (C=O) groups excluding carboxylic acids is 1. The van der Waals surface area contributed by atoms with Crippen molar-refractivity contribution >= 4 is 16.8 Å². The molecule has 5 nitrogen and oxygen atoms in total. The molecule has 172 valence electrons. The largest absolute Gasteiger partial charge is 0.497 e. The van der Waals surface area contributed by atoms with E-state index in [4.69, 9.17) is 4.74 Å². The Bertz CT molecular complexity index is 1180. The van der Waals surface area contributed by atoms with Crippen molar-refractivity contribution in [2.75, 3.05) is 7.11 Å². The summed E-state index contributed by atoms with van der Waals surface area (Å²) >= 11 is 0. The highest BCUT2D eigenvalue weighted by Crippen LogP contribution is 2.35. The summed E-state index contributed by atoms with van der Waals surface area (Å²) < 4.78 is 7.44. The van der Waals surface area contributed by atoms with Crippen LogP contribution in [0, 0.1) is 17.8 Å². The van der Waals surface area contributed by atoms with Gasteiger partial charge in [-0.1, -0.05) is 44.0 Å². The minimum absolute atomic E-state index is 0.0293. The van der Waals surface area contributed by atoms with Gasteiger partial charge in [0.05, 0.1) is 19.7 Å². The summed E-state index contributed by atoms with van der Waals surface area (Å²) in [6.07, 6.45) is 3.81. The summed E-state index contributed by atoms with van der Waals surface area (Å²) in [7, 11) is 1.65. The number of methoxy groups -OCH3 is 1. The molecule has 3 aromatic rings. The highest BCUT2D eigenvalue weighted by molar-refractivity contribution is 5.90. The van der Waals surface area contributed by atoms with Gasteiger partial charge in [0, 0.05) is 29.7 Å². The molecule has 0 aliphatic carbocycles. The van der Waals surface area contributed by atoms with Crippen LogP contribution in [0.1, 0.15) is 49.9 Å². The van der Waals surface area contributed by atoms with Crippen molar-refractivity contribution in [3.63, 3.8) is 0 Å². The zero-order valence-electron chi connectivity index (χ0n) is 19.9. The molecule has 2 atom stereocenters. The van der Waals surface area contributed by atoms with Gasteiger partial charge in [-0.15, -0.1) is 5.92 Å². The summed E-state index contributed by atoms with van der Waals surface area (Å²) in [5, 5.41) is 8.10. The second-order valence-corrected chi connectivity index (χ2v) is 9.12. The van der Waals surface area contributed by atoms with Gasteiger partial charge in [0.1, 0.15) is 5.75 Å². The van der Waals surface area contributed by atoms with Crippen LogP contribution < -0.4 is 15.4 Å². The summed E-state index contributed by atoms with van der Waals surface area (Å²) in [5.74, 6) is 7.53.